The van der Waals surface area contributed by atoms with Gasteiger partial charge in [-0.2, -0.15) is 0 Å². The van der Waals surface area contributed by atoms with Gasteiger partial charge in [0.05, 0.1) is 5.39 Å². The number of amides is 1. The number of aromatic nitrogens is 2. The van der Waals surface area contributed by atoms with Gasteiger partial charge in [0.15, 0.2) is 0 Å². The van der Waals surface area contributed by atoms with Gasteiger partial charge in [0.2, 0.25) is 5.91 Å². The second-order valence-electron chi connectivity index (χ2n) is 8.89. The van der Waals surface area contributed by atoms with Crippen molar-refractivity contribution in [2.24, 2.45) is 5.92 Å². The third-order valence-corrected chi connectivity index (χ3v) is 7.54. The van der Waals surface area contributed by atoms with E-state index in [4.69, 9.17) is 0 Å². The summed E-state index contributed by atoms with van der Waals surface area (Å²) >= 11 is 1.62. The number of H-pyrrole nitrogens is 1. The number of carbonyl (C=O) groups is 1. The summed E-state index contributed by atoms with van der Waals surface area (Å²) in [5, 5.41) is 0.737. The molecule has 0 spiro atoms. The summed E-state index contributed by atoms with van der Waals surface area (Å²) in [6.07, 6.45) is 5.60. The lowest BCUT2D eigenvalue weighted by Gasteiger charge is -2.23. The van der Waals surface area contributed by atoms with Crippen molar-refractivity contribution in [3.05, 3.63) is 62.3 Å². The number of carbonyl (C=O) groups excluding carboxylic acids is 1. The molecule has 162 valence electrons. The standard InChI is InChI=1S/C24H26FN3O2S/c1-14-6-9-17-19(12-14)31-24-22(17)23(30)26-20(27-24)10-11-21(29)28(16-7-8-16)13-15-4-2-3-5-18(15)25/h2-5,14,16H,6-13H2,1H3,(H,26,27,30). The Morgan fingerprint density at radius 1 is 1.29 bits per heavy atom. The first-order valence-corrected chi connectivity index (χ1v) is 11.9. The summed E-state index contributed by atoms with van der Waals surface area (Å²) in [6, 6.07) is 6.79. The summed E-state index contributed by atoms with van der Waals surface area (Å²) in [6.45, 7) is 2.53. The molecule has 0 aliphatic heterocycles. The van der Waals surface area contributed by atoms with Gasteiger partial charge in [-0.15, -0.1) is 11.3 Å². The number of hydrogen-bond acceptors (Lipinski definition) is 4. The topological polar surface area (TPSA) is 66.1 Å². The molecule has 2 aliphatic rings. The van der Waals surface area contributed by atoms with Crippen LogP contribution < -0.4 is 5.56 Å². The highest BCUT2D eigenvalue weighted by atomic mass is 32.1. The van der Waals surface area contributed by atoms with E-state index in [9.17, 15) is 14.0 Å². The van der Waals surface area contributed by atoms with E-state index in [0.717, 1.165) is 42.3 Å². The van der Waals surface area contributed by atoms with E-state index >= 15 is 0 Å². The number of thiophene rings is 1. The molecule has 5 rings (SSSR count). The molecule has 2 heterocycles. The van der Waals surface area contributed by atoms with Crippen molar-refractivity contribution in [3.8, 4) is 0 Å². The van der Waals surface area contributed by atoms with E-state index in [0.29, 0.717) is 23.7 Å². The van der Waals surface area contributed by atoms with Crippen molar-refractivity contribution in [1.82, 2.24) is 14.9 Å². The van der Waals surface area contributed by atoms with E-state index in [1.54, 1.807) is 34.4 Å². The lowest BCUT2D eigenvalue weighted by Crippen LogP contribution is -2.33. The van der Waals surface area contributed by atoms with Crippen molar-refractivity contribution in [1.29, 1.82) is 0 Å². The summed E-state index contributed by atoms with van der Waals surface area (Å²) in [5.41, 5.74) is 1.61. The molecular formula is C24H26FN3O2S. The molecule has 0 bridgehead atoms. The number of benzene rings is 1. The molecule has 2 aliphatic carbocycles. The minimum absolute atomic E-state index is 0.0206. The SMILES string of the molecule is CC1CCc2c(sc3nc(CCC(=O)N(Cc4ccccc4F)C4CC4)[nH]c(=O)c23)C1. The molecule has 1 unspecified atom stereocenters. The van der Waals surface area contributed by atoms with Gasteiger partial charge in [-0.3, -0.25) is 9.59 Å². The van der Waals surface area contributed by atoms with Crippen LogP contribution in [0, 0.1) is 11.7 Å². The van der Waals surface area contributed by atoms with Crippen LogP contribution in [0.2, 0.25) is 0 Å². The summed E-state index contributed by atoms with van der Waals surface area (Å²) in [7, 11) is 0. The minimum atomic E-state index is -0.284. The first kappa shape index (κ1) is 20.4. The zero-order chi connectivity index (χ0) is 21.5. The maximum Gasteiger partial charge on any atom is 0.259 e. The first-order valence-electron chi connectivity index (χ1n) is 11.1. The van der Waals surface area contributed by atoms with Crippen LogP contribution in [0.1, 0.15) is 54.4 Å². The van der Waals surface area contributed by atoms with E-state index in [-0.39, 0.29) is 36.3 Å². The quantitative estimate of drug-likeness (QED) is 0.620. The maximum absolute atomic E-state index is 14.1. The van der Waals surface area contributed by atoms with E-state index in [1.807, 2.05) is 0 Å². The number of halogens is 1. The van der Waals surface area contributed by atoms with Gasteiger partial charge in [-0.1, -0.05) is 25.1 Å². The van der Waals surface area contributed by atoms with E-state index in [2.05, 4.69) is 16.9 Å². The van der Waals surface area contributed by atoms with Gasteiger partial charge in [0.1, 0.15) is 16.5 Å². The third-order valence-electron chi connectivity index (χ3n) is 6.40. The van der Waals surface area contributed by atoms with Crippen LogP contribution in [-0.4, -0.2) is 26.8 Å². The van der Waals surface area contributed by atoms with Crippen LogP contribution in [0.3, 0.4) is 0 Å². The van der Waals surface area contributed by atoms with Gasteiger partial charge in [-0.05, 0) is 49.7 Å². The molecule has 0 radical (unpaired) electrons. The van der Waals surface area contributed by atoms with Crippen LogP contribution in [0.4, 0.5) is 4.39 Å². The number of rotatable bonds is 6. The Balaban J connectivity index is 1.32. The predicted octanol–water partition coefficient (Wildman–Crippen LogP) is 4.37. The largest absolute Gasteiger partial charge is 0.335 e. The molecule has 1 saturated carbocycles. The van der Waals surface area contributed by atoms with E-state index in [1.165, 1.54) is 16.5 Å². The molecule has 5 nitrogen and oxygen atoms in total. The average Bonchev–Trinajstić information content (AvgIpc) is 3.51. The lowest BCUT2D eigenvalue weighted by molar-refractivity contribution is -0.132. The molecule has 3 aromatic rings. The lowest BCUT2D eigenvalue weighted by atomic mass is 9.89. The molecule has 7 heteroatoms. The number of hydrogen-bond donors (Lipinski definition) is 1. The Labute approximate surface area is 184 Å². The minimum Gasteiger partial charge on any atom is -0.335 e. The molecule has 2 aromatic heterocycles. The van der Waals surface area contributed by atoms with Gasteiger partial charge < -0.3 is 9.88 Å². The van der Waals surface area contributed by atoms with Crippen molar-refractivity contribution >= 4 is 27.5 Å². The molecule has 1 amide bonds. The van der Waals surface area contributed by atoms with Gasteiger partial charge in [0, 0.05) is 35.9 Å². The maximum atomic E-state index is 14.1. The van der Waals surface area contributed by atoms with Crippen LogP contribution in [-0.2, 0) is 30.6 Å². The fourth-order valence-electron chi connectivity index (χ4n) is 4.50. The second-order valence-corrected chi connectivity index (χ2v) is 9.97. The Kier molecular flexibility index (Phi) is 5.38. The highest BCUT2D eigenvalue weighted by Crippen LogP contribution is 2.35. The Bertz CT molecular complexity index is 1200. The Hall–Kier alpha value is -2.54. The number of aromatic amines is 1. The number of fused-ring (bicyclic) bond motifs is 3. The van der Waals surface area contributed by atoms with Crippen molar-refractivity contribution in [3.63, 3.8) is 0 Å². The zero-order valence-corrected chi connectivity index (χ0v) is 18.4. The zero-order valence-electron chi connectivity index (χ0n) is 17.6. The molecule has 0 saturated heterocycles. The van der Waals surface area contributed by atoms with Crippen LogP contribution >= 0.6 is 11.3 Å². The highest BCUT2D eigenvalue weighted by molar-refractivity contribution is 7.18. The van der Waals surface area contributed by atoms with Gasteiger partial charge in [-0.25, -0.2) is 9.37 Å². The molecule has 31 heavy (non-hydrogen) atoms. The van der Waals surface area contributed by atoms with Gasteiger partial charge in [0.25, 0.3) is 5.56 Å². The summed E-state index contributed by atoms with van der Waals surface area (Å²) in [4.78, 5) is 37.1. The molecule has 1 aromatic carbocycles. The van der Waals surface area contributed by atoms with Gasteiger partial charge >= 0.3 is 0 Å². The highest BCUT2D eigenvalue weighted by Gasteiger charge is 2.33. The fraction of sp³-hybridized carbons (Fsp3) is 0.458. The fourth-order valence-corrected chi connectivity index (χ4v) is 5.90. The van der Waals surface area contributed by atoms with Crippen molar-refractivity contribution in [2.75, 3.05) is 0 Å². The van der Waals surface area contributed by atoms with E-state index < -0.39 is 0 Å². The Morgan fingerprint density at radius 3 is 2.87 bits per heavy atom. The molecule has 1 N–H and O–H groups in total. The predicted molar refractivity (Wildman–Crippen MR) is 120 cm³/mol. The average molecular weight is 440 g/mol. The molecule has 1 fully saturated rings. The van der Waals surface area contributed by atoms with Crippen LogP contribution in [0.5, 0.6) is 0 Å². The smallest absolute Gasteiger partial charge is 0.259 e. The second kappa shape index (κ2) is 8.19. The van der Waals surface area contributed by atoms with Crippen molar-refractivity contribution in [2.45, 2.75) is 64.5 Å². The van der Waals surface area contributed by atoms with Crippen LogP contribution in [0.25, 0.3) is 10.2 Å². The number of nitrogens with zero attached hydrogens (tertiary/aromatic N) is 2. The first-order chi connectivity index (χ1) is 15.0. The third kappa shape index (κ3) is 4.15. The molecule has 1 atom stereocenters. The van der Waals surface area contributed by atoms with Crippen LogP contribution in [0.15, 0.2) is 29.1 Å². The normalized spacial score (nSPS) is 18.2. The Morgan fingerprint density at radius 2 is 2.10 bits per heavy atom. The number of nitrogens with one attached hydrogen (secondary N) is 1. The van der Waals surface area contributed by atoms with Crippen molar-refractivity contribution < 1.29 is 9.18 Å². The summed E-state index contributed by atoms with van der Waals surface area (Å²) < 4.78 is 14.1. The monoisotopic (exact) mass is 439 g/mol. The number of aryl methyl sites for hydroxylation is 2. The summed E-state index contributed by atoms with van der Waals surface area (Å²) in [5.74, 6) is 0.889. The molecular weight excluding hydrogens is 413 g/mol.